The highest BCUT2D eigenvalue weighted by Crippen LogP contribution is 2.35. The van der Waals surface area contributed by atoms with Crippen LogP contribution >= 0.6 is 0 Å². The minimum absolute atomic E-state index is 0.106. The van der Waals surface area contributed by atoms with E-state index in [2.05, 4.69) is 10.6 Å². The number of nitrogens with one attached hydrogen (secondary N) is 2. The van der Waals surface area contributed by atoms with Crippen molar-refractivity contribution in [1.29, 1.82) is 0 Å². The summed E-state index contributed by atoms with van der Waals surface area (Å²) in [5.41, 5.74) is 2.97. The smallest absolute Gasteiger partial charge is 0.160 e. The van der Waals surface area contributed by atoms with Crippen LogP contribution in [0.25, 0.3) is 10.8 Å². The SMILES string of the molecule is CC(=O)c1ccc2c3c(cccc13)NCN2. The first-order chi connectivity index (χ1) is 7.77. The first kappa shape index (κ1) is 9.21. The second kappa shape index (κ2) is 3.23. The van der Waals surface area contributed by atoms with Gasteiger partial charge in [-0.15, -0.1) is 0 Å². The summed E-state index contributed by atoms with van der Waals surface area (Å²) < 4.78 is 0. The van der Waals surface area contributed by atoms with E-state index in [0.717, 1.165) is 34.4 Å². The van der Waals surface area contributed by atoms with E-state index in [9.17, 15) is 4.79 Å². The fourth-order valence-electron chi connectivity index (χ4n) is 2.24. The van der Waals surface area contributed by atoms with E-state index < -0.39 is 0 Å². The molecule has 0 radical (unpaired) electrons. The lowest BCUT2D eigenvalue weighted by Gasteiger charge is -2.21. The third-order valence-electron chi connectivity index (χ3n) is 2.98. The molecule has 2 aromatic carbocycles. The molecule has 1 aliphatic heterocycles. The van der Waals surface area contributed by atoms with Crippen LogP contribution in [0.3, 0.4) is 0 Å². The second-order valence-corrected chi connectivity index (χ2v) is 3.98. The molecule has 0 atom stereocenters. The Balaban J connectivity index is 2.45. The highest BCUT2D eigenvalue weighted by atomic mass is 16.1. The maximum Gasteiger partial charge on any atom is 0.160 e. The molecule has 3 nitrogen and oxygen atoms in total. The molecule has 0 amide bonds. The maximum absolute atomic E-state index is 11.5. The molecular weight excluding hydrogens is 200 g/mol. The summed E-state index contributed by atoms with van der Waals surface area (Å²) in [6.07, 6.45) is 0. The Morgan fingerprint density at radius 2 is 1.88 bits per heavy atom. The minimum Gasteiger partial charge on any atom is -0.367 e. The molecule has 3 rings (SSSR count). The zero-order valence-corrected chi connectivity index (χ0v) is 9.00. The fourth-order valence-corrected chi connectivity index (χ4v) is 2.24. The predicted molar refractivity (Wildman–Crippen MR) is 66.1 cm³/mol. The van der Waals surface area contributed by atoms with Crippen molar-refractivity contribution in [3.63, 3.8) is 0 Å². The quantitative estimate of drug-likeness (QED) is 0.714. The zero-order valence-electron chi connectivity index (χ0n) is 9.00. The fraction of sp³-hybridized carbons (Fsp3) is 0.154. The Kier molecular flexibility index (Phi) is 1.86. The van der Waals surface area contributed by atoms with Crippen molar-refractivity contribution in [2.75, 3.05) is 17.3 Å². The number of Topliss-reactive ketones (excluding diaryl/α,β-unsaturated/α-hetero) is 1. The van der Waals surface area contributed by atoms with Crippen molar-refractivity contribution < 1.29 is 4.79 Å². The van der Waals surface area contributed by atoms with Crippen molar-refractivity contribution in [2.45, 2.75) is 6.92 Å². The number of ketones is 1. The van der Waals surface area contributed by atoms with Crippen LogP contribution in [0.4, 0.5) is 11.4 Å². The van der Waals surface area contributed by atoms with Crippen molar-refractivity contribution >= 4 is 27.9 Å². The number of hydrogen-bond acceptors (Lipinski definition) is 3. The average molecular weight is 212 g/mol. The Hall–Kier alpha value is -2.03. The number of hydrogen-bond donors (Lipinski definition) is 2. The molecule has 1 heterocycles. The molecule has 0 bridgehead atoms. The van der Waals surface area contributed by atoms with Crippen LogP contribution in [0.1, 0.15) is 17.3 Å². The van der Waals surface area contributed by atoms with Crippen LogP contribution in [-0.4, -0.2) is 12.5 Å². The number of anilines is 2. The summed E-state index contributed by atoms with van der Waals surface area (Å²) in [7, 11) is 0. The Labute approximate surface area is 93.5 Å². The molecule has 16 heavy (non-hydrogen) atoms. The highest BCUT2D eigenvalue weighted by Gasteiger charge is 2.14. The molecule has 2 aromatic rings. The van der Waals surface area contributed by atoms with Crippen LogP contribution in [0.2, 0.25) is 0 Å². The van der Waals surface area contributed by atoms with Gasteiger partial charge >= 0.3 is 0 Å². The van der Waals surface area contributed by atoms with Gasteiger partial charge in [-0.3, -0.25) is 4.79 Å². The summed E-state index contributed by atoms with van der Waals surface area (Å²) in [6, 6.07) is 9.88. The van der Waals surface area contributed by atoms with Crippen molar-refractivity contribution in [2.24, 2.45) is 0 Å². The molecule has 0 spiro atoms. The van der Waals surface area contributed by atoms with Gasteiger partial charge in [0.05, 0.1) is 6.67 Å². The molecule has 0 aromatic heterocycles. The molecule has 80 valence electrons. The van der Waals surface area contributed by atoms with E-state index in [1.807, 2.05) is 30.3 Å². The van der Waals surface area contributed by atoms with Gasteiger partial charge in [0.2, 0.25) is 0 Å². The van der Waals surface area contributed by atoms with Crippen molar-refractivity contribution in [1.82, 2.24) is 0 Å². The Morgan fingerprint density at radius 1 is 1.12 bits per heavy atom. The molecule has 0 unspecified atom stereocenters. The van der Waals surface area contributed by atoms with E-state index in [1.54, 1.807) is 6.92 Å². The van der Waals surface area contributed by atoms with Gasteiger partial charge in [-0.25, -0.2) is 0 Å². The third-order valence-corrected chi connectivity index (χ3v) is 2.98. The number of benzene rings is 2. The minimum atomic E-state index is 0.106. The highest BCUT2D eigenvalue weighted by molar-refractivity contribution is 6.14. The Bertz CT molecular complexity index is 579. The second-order valence-electron chi connectivity index (χ2n) is 3.98. The van der Waals surface area contributed by atoms with Crippen LogP contribution < -0.4 is 10.6 Å². The summed E-state index contributed by atoms with van der Waals surface area (Å²) in [5.74, 6) is 0.106. The number of rotatable bonds is 1. The molecule has 1 aliphatic rings. The summed E-state index contributed by atoms with van der Waals surface area (Å²) in [4.78, 5) is 11.5. The van der Waals surface area contributed by atoms with Gasteiger partial charge in [0, 0.05) is 22.3 Å². The molecule has 0 saturated heterocycles. The average Bonchev–Trinajstić information content (AvgIpc) is 2.30. The van der Waals surface area contributed by atoms with Crippen molar-refractivity contribution in [3.8, 4) is 0 Å². The van der Waals surface area contributed by atoms with Gasteiger partial charge in [0.1, 0.15) is 0 Å². The van der Waals surface area contributed by atoms with Crippen LogP contribution in [-0.2, 0) is 0 Å². The zero-order chi connectivity index (χ0) is 11.1. The third kappa shape index (κ3) is 1.18. The molecule has 2 N–H and O–H groups in total. The van der Waals surface area contributed by atoms with Crippen molar-refractivity contribution in [3.05, 3.63) is 35.9 Å². The van der Waals surface area contributed by atoms with Gasteiger partial charge < -0.3 is 10.6 Å². The normalized spacial score (nSPS) is 13.1. The van der Waals surface area contributed by atoms with Crippen LogP contribution in [0.15, 0.2) is 30.3 Å². The van der Waals surface area contributed by atoms with Gasteiger partial charge in [-0.05, 0) is 30.5 Å². The molecule has 0 aliphatic carbocycles. The summed E-state index contributed by atoms with van der Waals surface area (Å²) >= 11 is 0. The lowest BCUT2D eigenvalue weighted by molar-refractivity contribution is 0.101. The number of carbonyl (C=O) groups excluding carboxylic acids is 1. The van der Waals surface area contributed by atoms with E-state index in [4.69, 9.17) is 0 Å². The maximum atomic E-state index is 11.5. The molecule has 0 fully saturated rings. The lowest BCUT2D eigenvalue weighted by Crippen LogP contribution is -2.17. The van der Waals surface area contributed by atoms with Gasteiger partial charge in [0.15, 0.2) is 5.78 Å². The monoisotopic (exact) mass is 212 g/mol. The van der Waals surface area contributed by atoms with E-state index in [1.165, 1.54) is 0 Å². The molecule has 3 heteroatoms. The Morgan fingerprint density at radius 3 is 2.62 bits per heavy atom. The van der Waals surface area contributed by atoms with Crippen LogP contribution in [0, 0.1) is 0 Å². The topological polar surface area (TPSA) is 41.1 Å². The lowest BCUT2D eigenvalue weighted by atomic mass is 9.98. The summed E-state index contributed by atoms with van der Waals surface area (Å²) in [5, 5.41) is 8.67. The van der Waals surface area contributed by atoms with E-state index in [-0.39, 0.29) is 5.78 Å². The standard InChI is InChI=1S/C13H12N2O/c1-8(16)9-5-6-12-13-10(9)3-2-4-11(13)14-7-15-12/h2-6,14-15H,7H2,1H3. The first-order valence-electron chi connectivity index (χ1n) is 5.32. The van der Waals surface area contributed by atoms with Gasteiger partial charge in [-0.1, -0.05) is 12.1 Å². The molecule has 0 saturated carbocycles. The van der Waals surface area contributed by atoms with Gasteiger partial charge in [0.25, 0.3) is 0 Å². The summed E-state index contributed by atoms with van der Waals surface area (Å²) in [6.45, 7) is 2.33. The van der Waals surface area contributed by atoms with Crippen LogP contribution in [0.5, 0.6) is 0 Å². The largest absolute Gasteiger partial charge is 0.367 e. The van der Waals surface area contributed by atoms with E-state index >= 15 is 0 Å². The van der Waals surface area contributed by atoms with Gasteiger partial charge in [-0.2, -0.15) is 0 Å². The molecular formula is C13H12N2O. The predicted octanol–water partition coefficient (Wildman–Crippen LogP) is 2.84. The number of carbonyl (C=O) groups is 1. The van der Waals surface area contributed by atoms with E-state index in [0.29, 0.717) is 0 Å². The first-order valence-corrected chi connectivity index (χ1v) is 5.32.